The Kier molecular flexibility index (Phi) is 7.91. The number of hydrogen-bond donors (Lipinski definition) is 2. The SMILES string of the molecule is COC(CCn1cnc2c(N)ncnc21)CN(C(C)C)C1CC(CCc2nc3ccc(C(C)(C)C)cc3[nH]2)C1. The van der Waals surface area contributed by atoms with Gasteiger partial charge in [0.2, 0.25) is 0 Å². The lowest BCUT2D eigenvalue weighted by Gasteiger charge is -2.46. The van der Waals surface area contributed by atoms with E-state index in [1.54, 1.807) is 6.33 Å². The van der Waals surface area contributed by atoms with Crippen LogP contribution in [0.15, 0.2) is 30.9 Å². The zero-order valence-electron chi connectivity index (χ0n) is 24.3. The number of hydrogen-bond acceptors (Lipinski definition) is 7. The lowest BCUT2D eigenvalue weighted by molar-refractivity contribution is -0.00806. The summed E-state index contributed by atoms with van der Waals surface area (Å²) in [6.45, 7) is 13.0. The molecule has 1 aromatic carbocycles. The maximum Gasteiger partial charge on any atom is 0.165 e. The van der Waals surface area contributed by atoms with Gasteiger partial charge in [-0.3, -0.25) is 4.90 Å². The fourth-order valence-corrected chi connectivity index (χ4v) is 5.84. The Morgan fingerprint density at radius 1 is 1.18 bits per heavy atom. The first-order valence-electron chi connectivity index (χ1n) is 14.3. The average molecular weight is 533 g/mol. The zero-order chi connectivity index (χ0) is 27.7. The number of aryl methyl sites for hydroxylation is 2. The molecule has 1 unspecified atom stereocenters. The third-order valence-corrected chi connectivity index (χ3v) is 8.40. The fourth-order valence-electron chi connectivity index (χ4n) is 5.84. The van der Waals surface area contributed by atoms with Crippen LogP contribution < -0.4 is 5.73 Å². The number of nitrogen functional groups attached to an aromatic ring is 1. The van der Waals surface area contributed by atoms with Gasteiger partial charge in [-0.2, -0.15) is 0 Å². The zero-order valence-corrected chi connectivity index (χ0v) is 24.3. The van der Waals surface area contributed by atoms with Crippen LogP contribution in [0.5, 0.6) is 0 Å². The number of anilines is 1. The number of H-pyrrole nitrogens is 1. The van der Waals surface area contributed by atoms with Crippen molar-refractivity contribution in [3.63, 3.8) is 0 Å². The van der Waals surface area contributed by atoms with Gasteiger partial charge in [0, 0.05) is 38.7 Å². The number of aromatic amines is 1. The first-order chi connectivity index (χ1) is 18.6. The molecule has 4 aromatic rings. The number of rotatable bonds is 11. The number of aromatic nitrogens is 6. The van der Waals surface area contributed by atoms with Crippen molar-refractivity contribution in [2.45, 2.75) is 96.9 Å². The van der Waals surface area contributed by atoms with Crippen LogP contribution in [0.1, 0.15) is 71.7 Å². The van der Waals surface area contributed by atoms with Gasteiger partial charge in [0.05, 0.1) is 23.5 Å². The van der Waals surface area contributed by atoms with Crippen LogP contribution in [0.25, 0.3) is 22.2 Å². The Labute approximate surface area is 231 Å². The summed E-state index contributed by atoms with van der Waals surface area (Å²) in [5.74, 6) is 2.28. The molecule has 9 nitrogen and oxygen atoms in total. The lowest BCUT2D eigenvalue weighted by atomic mass is 9.76. The first-order valence-corrected chi connectivity index (χ1v) is 14.3. The molecular formula is C30H44N8O. The third kappa shape index (κ3) is 6.09. The fraction of sp³-hybridized carbons (Fsp3) is 0.600. The molecule has 0 spiro atoms. The summed E-state index contributed by atoms with van der Waals surface area (Å²) in [5, 5.41) is 0. The minimum Gasteiger partial charge on any atom is -0.382 e. The molecule has 1 fully saturated rings. The van der Waals surface area contributed by atoms with Gasteiger partial charge >= 0.3 is 0 Å². The van der Waals surface area contributed by atoms with E-state index < -0.39 is 0 Å². The van der Waals surface area contributed by atoms with Crippen molar-refractivity contribution in [2.24, 2.45) is 5.92 Å². The van der Waals surface area contributed by atoms with Crippen LogP contribution in [-0.2, 0) is 23.1 Å². The Morgan fingerprint density at radius 2 is 1.97 bits per heavy atom. The van der Waals surface area contributed by atoms with E-state index in [4.69, 9.17) is 15.5 Å². The minimum absolute atomic E-state index is 0.136. The van der Waals surface area contributed by atoms with Crippen molar-refractivity contribution in [3.8, 4) is 0 Å². The number of methoxy groups -OCH3 is 1. The highest BCUT2D eigenvalue weighted by Crippen LogP contribution is 2.36. The number of nitrogens with one attached hydrogen (secondary N) is 1. The smallest absolute Gasteiger partial charge is 0.165 e. The molecule has 5 rings (SSSR count). The van der Waals surface area contributed by atoms with Crippen molar-refractivity contribution in [1.29, 1.82) is 0 Å². The second-order valence-corrected chi connectivity index (χ2v) is 12.5. The van der Waals surface area contributed by atoms with Crippen molar-refractivity contribution in [2.75, 3.05) is 19.4 Å². The predicted octanol–water partition coefficient (Wildman–Crippen LogP) is 5.11. The first kappa shape index (κ1) is 27.5. The third-order valence-electron chi connectivity index (χ3n) is 8.40. The molecule has 3 N–H and O–H groups in total. The van der Waals surface area contributed by atoms with E-state index in [-0.39, 0.29) is 11.5 Å². The summed E-state index contributed by atoms with van der Waals surface area (Å²) in [5.41, 5.74) is 11.1. The highest BCUT2D eigenvalue weighted by atomic mass is 16.5. The highest BCUT2D eigenvalue weighted by Gasteiger charge is 2.35. The average Bonchev–Trinajstić information content (AvgIpc) is 3.47. The topological polar surface area (TPSA) is 111 Å². The molecule has 1 atom stereocenters. The lowest BCUT2D eigenvalue weighted by Crippen LogP contribution is -2.51. The van der Waals surface area contributed by atoms with Gasteiger partial charge in [0.15, 0.2) is 11.5 Å². The van der Waals surface area contributed by atoms with E-state index in [1.807, 2.05) is 11.7 Å². The summed E-state index contributed by atoms with van der Waals surface area (Å²) in [6, 6.07) is 7.71. The second kappa shape index (κ2) is 11.2. The number of nitrogens with two attached hydrogens (primary N) is 1. The predicted molar refractivity (Wildman–Crippen MR) is 157 cm³/mol. The molecule has 210 valence electrons. The van der Waals surface area contributed by atoms with Gasteiger partial charge in [0.1, 0.15) is 17.7 Å². The molecular weight excluding hydrogens is 488 g/mol. The van der Waals surface area contributed by atoms with Gasteiger partial charge in [-0.1, -0.05) is 26.8 Å². The standard InChI is InChI=1S/C30H44N8O/c1-19(2)38(16-23(39-6)11-12-37-18-34-27-28(31)32-17-33-29(27)37)22-13-20(14-22)7-10-26-35-24-9-8-21(30(3,4)5)15-25(24)36-26/h8-9,15,17-20,22-23H,7,10-14,16H2,1-6H3,(H,35,36)(H2,31,32,33). The Balaban J connectivity index is 1.12. The Bertz CT molecular complexity index is 1400. The van der Waals surface area contributed by atoms with Crippen LogP contribution in [-0.4, -0.2) is 66.2 Å². The molecule has 0 saturated heterocycles. The molecule has 1 aliphatic rings. The molecule has 0 amide bonds. The number of benzene rings is 1. The van der Waals surface area contributed by atoms with Crippen molar-refractivity contribution in [3.05, 3.63) is 42.2 Å². The molecule has 1 saturated carbocycles. The van der Waals surface area contributed by atoms with Gasteiger partial charge in [-0.15, -0.1) is 0 Å². The second-order valence-electron chi connectivity index (χ2n) is 12.5. The van der Waals surface area contributed by atoms with Crippen molar-refractivity contribution >= 4 is 28.0 Å². The largest absolute Gasteiger partial charge is 0.382 e. The maximum absolute atomic E-state index is 5.95. The monoisotopic (exact) mass is 532 g/mol. The quantitative estimate of drug-likeness (QED) is 0.276. The van der Waals surface area contributed by atoms with E-state index in [9.17, 15) is 0 Å². The minimum atomic E-state index is 0.136. The van der Waals surface area contributed by atoms with E-state index in [0.29, 0.717) is 23.4 Å². The van der Waals surface area contributed by atoms with Gasteiger partial charge in [-0.25, -0.2) is 19.9 Å². The Hall–Kier alpha value is -3.04. The van der Waals surface area contributed by atoms with Crippen LogP contribution in [0.3, 0.4) is 0 Å². The van der Waals surface area contributed by atoms with Gasteiger partial charge < -0.3 is 20.0 Å². The van der Waals surface area contributed by atoms with Gasteiger partial charge in [-0.05, 0) is 68.6 Å². The maximum atomic E-state index is 5.95. The summed E-state index contributed by atoms with van der Waals surface area (Å²) in [4.78, 5) is 23.9. The molecule has 1 aliphatic carbocycles. The van der Waals surface area contributed by atoms with E-state index >= 15 is 0 Å². The number of nitrogens with zero attached hydrogens (tertiary/aromatic N) is 6. The summed E-state index contributed by atoms with van der Waals surface area (Å²) < 4.78 is 7.97. The number of imidazole rings is 2. The van der Waals surface area contributed by atoms with Crippen LogP contribution in [0, 0.1) is 5.92 Å². The van der Waals surface area contributed by atoms with E-state index in [0.717, 1.165) is 54.4 Å². The van der Waals surface area contributed by atoms with Crippen LogP contribution in [0.4, 0.5) is 5.82 Å². The molecule has 0 radical (unpaired) electrons. The molecule has 3 aromatic heterocycles. The summed E-state index contributed by atoms with van der Waals surface area (Å²) in [7, 11) is 1.82. The molecule has 0 aliphatic heterocycles. The molecule has 39 heavy (non-hydrogen) atoms. The molecule has 0 bridgehead atoms. The van der Waals surface area contributed by atoms with Crippen molar-refractivity contribution < 1.29 is 4.74 Å². The molecule has 3 heterocycles. The number of ether oxygens (including phenoxy) is 1. The van der Waals surface area contributed by atoms with E-state index in [1.165, 1.54) is 31.2 Å². The molecule has 9 heteroatoms. The van der Waals surface area contributed by atoms with Crippen LogP contribution in [0.2, 0.25) is 0 Å². The van der Waals surface area contributed by atoms with Crippen molar-refractivity contribution in [1.82, 2.24) is 34.4 Å². The van der Waals surface area contributed by atoms with E-state index in [2.05, 4.69) is 77.7 Å². The van der Waals surface area contributed by atoms with Gasteiger partial charge in [0.25, 0.3) is 0 Å². The summed E-state index contributed by atoms with van der Waals surface area (Å²) in [6.07, 6.45) is 8.98. The Morgan fingerprint density at radius 3 is 2.69 bits per heavy atom. The highest BCUT2D eigenvalue weighted by molar-refractivity contribution is 5.81. The van der Waals surface area contributed by atoms with Crippen LogP contribution >= 0.6 is 0 Å². The summed E-state index contributed by atoms with van der Waals surface area (Å²) >= 11 is 0. The normalized spacial score (nSPS) is 18.9. The number of fused-ring (bicyclic) bond motifs is 2.